The van der Waals surface area contributed by atoms with Gasteiger partial charge >= 0.3 is 0 Å². The molecule has 108 valence electrons. The molecule has 20 heavy (non-hydrogen) atoms. The highest BCUT2D eigenvalue weighted by atomic mass is 35.5. The third-order valence-electron chi connectivity index (χ3n) is 2.69. The van der Waals surface area contributed by atoms with E-state index >= 15 is 0 Å². The van der Waals surface area contributed by atoms with Crippen LogP contribution >= 0.6 is 11.6 Å². The second kappa shape index (κ2) is 6.62. The normalized spacial score (nSPS) is 12.7. The molecule has 1 atom stereocenters. The van der Waals surface area contributed by atoms with Crippen LogP contribution in [0, 0.1) is 0 Å². The van der Waals surface area contributed by atoms with Crippen molar-refractivity contribution in [3.05, 3.63) is 23.7 Å². The molecule has 8 heteroatoms. The van der Waals surface area contributed by atoms with Gasteiger partial charge in [-0.05, 0) is 51.7 Å². The Morgan fingerprint density at radius 3 is 2.80 bits per heavy atom. The summed E-state index contributed by atoms with van der Waals surface area (Å²) in [5.41, 5.74) is 0. The Balaban J connectivity index is 2.08. The van der Waals surface area contributed by atoms with Gasteiger partial charge in [0, 0.05) is 18.4 Å². The lowest BCUT2D eigenvalue weighted by atomic mass is 10.2. The molecular weight excluding hydrogens is 278 g/mol. The zero-order chi connectivity index (χ0) is 14.5. The maximum absolute atomic E-state index is 5.93. The van der Waals surface area contributed by atoms with Crippen molar-refractivity contribution in [2.45, 2.75) is 19.4 Å². The fraction of sp³-hybridized carbons (Fsp3) is 0.500. The molecular formula is C12H18ClN7. The molecule has 2 rings (SSSR count). The van der Waals surface area contributed by atoms with E-state index in [0.29, 0.717) is 11.9 Å². The highest BCUT2D eigenvalue weighted by Crippen LogP contribution is 2.10. The summed E-state index contributed by atoms with van der Waals surface area (Å²) in [6, 6.07) is 2.03. The average Bonchev–Trinajstić information content (AvgIpc) is 2.89. The molecule has 0 amide bonds. The van der Waals surface area contributed by atoms with E-state index in [2.05, 4.69) is 37.2 Å². The number of nitrogens with zero attached hydrogens (tertiary/aromatic N) is 6. The van der Waals surface area contributed by atoms with Crippen LogP contribution in [0.3, 0.4) is 0 Å². The Kier molecular flexibility index (Phi) is 4.86. The van der Waals surface area contributed by atoms with Crippen LogP contribution in [0.2, 0.25) is 5.28 Å². The van der Waals surface area contributed by atoms with Gasteiger partial charge in [0.2, 0.25) is 11.2 Å². The molecule has 1 unspecified atom stereocenters. The fourth-order valence-corrected chi connectivity index (χ4v) is 1.79. The Morgan fingerprint density at radius 1 is 1.35 bits per heavy atom. The summed E-state index contributed by atoms with van der Waals surface area (Å²) in [4.78, 5) is 14.6. The predicted molar refractivity (Wildman–Crippen MR) is 78.2 cm³/mol. The number of anilines is 1. The molecule has 7 nitrogen and oxygen atoms in total. The van der Waals surface area contributed by atoms with Crippen LogP contribution in [0.4, 0.5) is 5.95 Å². The maximum atomic E-state index is 5.93. The van der Waals surface area contributed by atoms with Gasteiger partial charge < -0.3 is 10.2 Å². The second-order valence-corrected chi connectivity index (χ2v) is 5.15. The molecule has 0 bridgehead atoms. The number of rotatable bonds is 6. The van der Waals surface area contributed by atoms with E-state index in [4.69, 9.17) is 11.6 Å². The van der Waals surface area contributed by atoms with Crippen molar-refractivity contribution in [2.24, 2.45) is 0 Å². The molecule has 0 aliphatic heterocycles. The Morgan fingerprint density at radius 2 is 2.15 bits per heavy atom. The monoisotopic (exact) mass is 295 g/mol. The minimum absolute atomic E-state index is 0.146. The molecule has 2 aromatic rings. The molecule has 0 saturated carbocycles. The molecule has 0 aliphatic carbocycles. The van der Waals surface area contributed by atoms with E-state index in [9.17, 15) is 0 Å². The van der Waals surface area contributed by atoms with Crippen LogP contribution < -0.4 is 5.32 Å². The summed E-state index contributed by atoms with van der Waals surface area (Å²) in [5.74, 6) is 0.860. The lowest BCUT2D eigenvalue weighted by molar-refractivity contribution is 0.390. The van der Waals surface area contributed by atoms with Crippen LogP contribution in [-0.4, -0.2) is 56.3 Å². The van der Waals surface area contributed by atoms with Crippen LogP contribution in [0.15, 0.2) is 18.5 Å². The molecule has 2 aromatic heterocycles. The van der Waals surface area contributed by atoms with Gasteiger partial charge in [-0.15, -0.1) is 0 Å². The SMILES string of the molecule is CC(CCN(C)C)Nc1nc(Cl)nc(-n2cccn2)n1. The third-order valence-corrected chi connectivity index (χ3v) is 2.86. The maximum Gasteiger partial charge on any atom is 0.256 e. The molecule has 0 radical (unpaired) electrons. The van der Waals surface area contributed by atoms with Gasteiger partial charge in [0.15, 0.2) is 0 Å². The van der Waals surface area contributed by atoms with Crippen LogP contribution in [-0.2, 0) is 0 Å². The summed E-state index contributed by atoms with van der Waals surface area (Å²) >= 11 is 5.93. The van der Waals surface area contributed by atoms with Gasteiger partial charge in [-0.3, -0.25) is 0 Å². The first-order chi connectivity index (χ1) is 9.54. The van der Waals surface area contributed by atoms with E-state index < -0.39 is 0 Å². The fourth-order valence-electron chi connectivity index (χ4n) is 1.64. The zero-order valence-electron chi connectivity index (χ0n) is 11.8. The molecule has 2 heterocycles. The molecule has 0 fully saturated rings. The van der Waals surface area contributed by atoms with Crippen LogP contribution in [0.25, 0.3) is 5.95 Å². The quantitative estimate of drug-likeness (QED) is 0.870. The van der Waals surface area contributed by atoms with Crippen molar-refractivity contribution in [1.29, 1.82) is 0 Å². The number of hydrogen-bond donors (Lipinski definition) is 1. The second-order valence-electron chi connectivity index (χ2n) is 4.82. The highest BCUT2D eigenvalue weighted by molar-refractivity contribution is 6.28. The van der Waals surface area contributed by atoms with Gasteiger partial charge in [-0.25, -0.2) is 4.68 Å². The van der Waals surface area contributed by atoms with E-state index in [1.54, 1.807) is 23.1 Å². The number of aromatic nitrogens is 5. The van der Waals surface area contributed by atoms with Crippen molar-refractivity contribution in [3.8, 4) is 5.95 Å². The molecule has 0 saturated heterocycles. The number of halogens is 1. The molecule has 0 aromatic carbocycles. The lowest BCUT2D eigenvalue weighted by Crippen LogP contribution is -2.24. The Bertz CT molecular complexity index is 541. The van der Waals surface area contributed by atoms with Crippen molar-refractivity contribution in [1.82, 2.24) is 29.6 Å². The van der Waals surface area contributed by atoms with Crippen LogP contribution in [0.5, 0.6) is 0 Å². The summed E-state index contributed by atoms with van der Waals surface area (Å²) in [5, 5.41) is 7.45. The molecule has 0 spiro atoms. The minimum atomic E-state index is 0.146. The first-order valence-electron chi connectivity index (χ1n) is 6.37. The van der Waals surface area contributed by atoms with Crippen molar-refractivity contribution < 1.29 is 0 Å². The van der Waals surface area contributed by atoms with E-state index in [1.165, 1.54) is 0 Å². The highest BCUT2D eigenvalue weighted by Gasteiger charge is 2.10. The largest absolute Gasteiger partial charge is 0.352 e. The first kappa shape index (κ1) is 14.7. The van der Waals surface area contributed by atoms with E-state index in [1.807, 2.05) is 14.1 Å². The molecule has 1 N–H and O–H groups in total. The first-order valence-corrected chi connectivity index (χ1v) is 6.75. The summed E-state index contributed by atoms with van der Waals surface area (Å²) in [7, 11) is 4.09. The van der Waals surface area contributed by atoms with E-state index in [0.717, 1.165) is 13.0 Å². The summed E-state index contributed by atoms with van der Waals surface area (Å²) < 4.78 is 1.54. The minimum Gasteiger partial charge on any atom is -0.352 e. The summed E-state index contributed by atoms with van der Waals surface area (Å²) in [6.45, 7) is 3.06. The van der Waals surface area contributed by atoms with E-state index in [-0.39, 0.29) is 11.3 Å². The van der Waals surface area contributed by atoms with Gasteiger partial charge in [0.05, 0.1) is 0 Å². The number of nitrogens with one attached hydrogen (secondary N) is 1. The van der Waals surface area contributed by atoms with Crippen LogP contribution in [0.1, 0.15) is 13.3 Å². The standard InChI is InChI=1S/C12H18ClN7/c1-9(5-8-19(2)3)15-11-16-10(13)17-12(18-11)20-7-4-6-14-20/h4,6-7,9H,5,8H2,1-3H3,(H,15,16,17,18). The Hall–Kier alpha value is -1.73. The van der Waals surface area contributed by atoms with Crippen molar-refractivity contribution in [2.75, 3.05) is 26.0 Å². The smallest absolute Gasteiger partial charge is 0.256 e. The average molecular weight is 296 g/mol. The van der Waals surface area contributed by atoms with Crippen molar-refractivity contribution in [3.63, 3.8) is 0 Å². The number of hydrogen-bond acceptors (Lipinski definition) is 6. The summed E-state index contributed by atoms with van der Waals surface area (Å²) in [6.07, 6.45) is 4.39. The topological polar surface area (TPSA) is 71.8 Å². The Labute approximate surface area is 123 Å². The third kappa shape index (κ3) is 4.14. The van der Waals surface area contributed by atoms with Gasteiger partial charge in [-0.2, -0.15) is 20.1 Å². The van der Waals surface area contributed by atoms with Gasteiger partial charge in [0.25, 0.3) is 5.95 Å². The predicted octanol–water partition coefficient (Wildman–Crippen LogP) is 1.46. The lowest BCUT2D eigenvalue weighted by Gasteiger charge is -2.16. The van der Waals surface area contributed by atoms with Crippen molar-refractivity contribution >= 4 is 17.5 Å². The zero-order valence-corrected chi connectivity index (χ0v) is 12.5. The molecule has 0 aliphatic rings. The van der Waals surface area contributed by atoms with Gasteiger partial charge in [-0.1, -0.05) is 0 Å². The van der Waals surface area contributed by atoms with Gasteiger partial charge in [0.1, 0.15) is 0 Å².